The number of phenols is 1. The second kappa shape index (κ2) is 3.88. The summed E-state index contributed by atoms with van der Waals surface area (Å²) in [5.74, 6) is -0.720. The van der Waals surface area contributed by atoms with Crippen LogP contribution in [0.3, 0.4) is 0 Å². The lowest BCUT2D eigenvalue weighted by atomic mass is 10.1. The van der Waals surface area contributed by atoms with Crippen LogP contribution in [0.4, 0.5) is 18.3 Å². The zero-order valence-electron chi connectivity index (χ0n) is 8.19. The average molecular weight is 261 g/mol. The lowest BCUT2D eigenvalue weighted by molar-refractivity contribution is -0.138. The Kier molecular flexibility index (Phi) is 2.66. The Morgan fingerprint density at radius 2 is 2.00 bits per heavy atom. The van der Waals surface area contributed by atoms with E-state index in [1.165, 1.54) is 6.07 Å². The first-order chi connectivity index (χ1) is 7.88. The molecule has 8 heteroatoms. The van der Waals surface area contributed by atoms with Gasteiger partial charge in [-0.05, 0) is 18.2 Å². The molecule has 0 bridgehead atoms. The minimum absolute atomic E-state index is 0.109. The molecule has 1 aromatic heterocycles. The highest BCUT2D eigenvalue weighted by atomic mass is 32.1. The van der Waals surface area contributed by atoms with Gasteiger partial charge in [-0.1, -0.05) is 0 Å². The topological polar surface area (TPSA) is 72.0 Å². The molecule has 1 aromatic carbocycles. The van der Waals surface area contributed by atoms with Crippen molar-refractivity contribution < 1.29 is 18.3 Å². The molecule has 0 saturated heterocycles. The van der Waals surface area contributed by atoms with E-state index in [-0.39, 0.29) is 16.5 Å². The molecular weight excluding hydrogens is 255 g/mol. The van der Waals surface area contributed by atoms with E-state index in [2.05, 4.69) is 9.36 Å². The maximum absolute atomic E-state index is 12.5. The van der Waals surface area contributed by atoms with E-state index in [9.17, 15) is 13.2 Å². The highest BCUT2D eigenvalue weighted by Gasteiger charge is 2.34. The van der Waals surface area contributed by atoms with Crippen molar-refractivity contribution in [2.45, 2.75) is 6.18 Å². The number of alkyl halides is 3. The van der Waals surface area contributed by atoms with Gasteiger partial charge in [0.25, 0.3) is 0 Å². The normalized spacial score (nSPS) is 11.7. The van der Waals surface area contributed by atoms with Crippen molar-refractivity contribution in [1.29, 1.82) is 0 Å². The molecule has 0 spiro atoms. The maximum atomic E-state index is 12.5. The van der Waals surface area contributed by atoms with E-state index in [0.29, 0.717) is 0 Å². The fourth-order valence-electron chi connectivity index (χ4n) is 1.25. The predicted octanol–water partition coefficient (Wildman–Crippen LogP) is 2.51. The largest absolute Gasteiger partial charge is 0.507 e. The molecule has 0 unspecified atom stereocenters. The molecule has 3 N–H and O–H groups in total. The summed E-state index contributed by atoms with van der Waals surface area (Å²) >= 11 is 0.890. The summed E-state index contributed by atoms with van der Waals surface area (Å²) in [7, 11) is 0. The summed E-state index contributed by atoms with van der Waals surface area (Å²) in [4.78, 5) is 3.77. The van der Waals surface area contributed by atoms with Crippen molar-refractivity contribution >= 4 is 16.7 Å². The maximum Gasteiger partial charge on any atom is 0.419 e. The predicted molar refractivity (Wildman–Crippen MR) is 56.4 cm³/mol. The molecule has 1 heterocycles. The van der Waals surface area contributed by atoms with Crippen molar-refractivity contribution in [2.24, 2.45) is 0 Å². The molecule has 2 aromatic rings. The number of hydrogen-bond acceptors (Lipinski definition) is 5. The molecule has 0 aliphatic carbocycles. The number of phenolic OH excluding ortho intramolecular Hbond substituents is 1. The van der Waals surface area contributed by atoms with E-state index >= 15 is 0 Å². The number of benzene rings is 1. The molecule has 0 fully saturated rings. The van der Waals surface area contributed by atoms with Gasteiger partial charge in [0.15, 0.2) is 11.0 Å². The van der Waals surface area contributed by atoms with Crippen molar-refractivity contribution in [3.05, 3.63) is 23.8 Å². The first kappa shape index (κ1) is 11.6. The van der Waals surface area contributed by atoms with E-state index in [4.69, 9.17) is 10.8 Å². The standard InChI is InChI=1S/C9H6F3N3OS/c10-9(11,12)5-3-4(1-2-6(5)16)7-14-8(13)17-15-7/h1-3,16H,(H2,13,14,15). The van der Waals surface area contributed by atoms with Crippen LogP contribution in [0.2, 0.25) is 0 Å². The third-order valence-corrected chi connectivity index (χ3v) is 2.54. The van der Waals surface area contributed by atoms with Crippen LogP contribution in [0.5, 0.6) is 5.75 Å². The van der Waals surface area contributed by atoms with Gasteiger partial charge in [-0.25, -0.2) is 0 Å². The number of nitrogens with two attached hydrogens (primary N) is 1. The summed E-state index contributed by atoms with van der Waals surface area (Å²) in [6.45, 7) is 0. The summed E-state index contributed by atoms with van der Waals surface area (Å²) < 4.78 is 41.4. The summed E-state index contributed by atoms with van der Waals surface area (Å²) in [5.41, 5.74) is 4.38. The lowest BCUT2D eigenvalue weighted by Crippen LogP contribution is -2.05. The van der Waals surface area contributed by atoms with Gasteiger partial charge >= 0.3 is 6.18 Å². The van der Waals surface area contributed by atoms with Crippen molar-refractivity contribution in [1.82, 2.24) is 9.36 Å². The Bertz CT molecular complexity index is 553. The van der Waals surface area contributed by atoms with Crippen LogP contribution >= 0.6 is 11.5 Å². The van der Waals surface area contributed by atoms with Crippen LogP contribution in [-0.2, 0) is 6.18 Å². The van der Waals surface area contributed by atoms with Crippen LogP contribution in [0.25, 0.3) is 11.4 Å². The molecule has 90 valence electrons. The molecule has 2 rings (SSSR count). The van der Waals surface area contributed by atoms with Crippen molar-refractivity contribution in [3.63, 3.8) is 0 Å². The Morgan fingerprint density at radius 3 is 2.53 bits per heavy atom. The second-order valence-corrected chi connectivity index (χ2v) is 3.97. The monoisotopic (exact) mass is 261 g/mol. The SMILES string of the molecule is Nc1nc(-c2ccc(O)c(C(F)(F)F)c2)ns1. The highest BCUT2D eigenvalue weighted by Crippen LogP contribution is 2.37. The molecule has 0 atom stereocenters. The zero-order chi connectivity index (χ0) is 12.6. The number of nitrogen functional groups attached to an aromatic ring is 1. The number of aromatic nitrogens is 2. The summed E-state index contributed by atoms with van der Waals surface area (Å²) in [6, 6.07) is 3.04. The minimum atomic E-state index is -4.62. The number of nitrogens with zero attached hydrogens (tertiary/aromatic N) is 2. The van der Waals surface area contributed by atoms with Gasteiger partial charge in [0, 0.05) is 17.1 Å². The second-order valence-electron chi connectivity index (χ2n) is 3.19. The van der Waals surface area contributed by atoms with Gasteiger partial charge in [0.2, 0.25) is 0 Å². The van der Waals surface area contributed by atoms with E-state index in [0.717, 1.165) is 23.7 Å². The number of rotatable bonds is 1. The third kappa shape index (κ3) is 2.31. The van der Waals surface area contributed by atoms with Gasteiger partial charge < -0.3 is 10.8 Å². The Balaban J connectivity index is 2.51. The van der Waals surface area contributed by atoms with Crippen LogP contribution in [0, 0.1) is 0 Å². The molecule has 17 heavy (non-hydrogen) atoms. The molecule has 0 amide bonds. The van der Waals surface area contributed by atoms with Crippen LogP contribution in [-0.4, -0.2) is 14.5 Å². The molecule has 0 aliphatic heterocycles. The highest BCUT2D eigenvalue weighted by molar-refractivity contribution is 7.09. The van der Waals surface area contributed by atoms with E-state index < -0.39 is 17.5 Å². The molecule has 0 aliphatic rings. The fourth-order valence-corrected chi connectivity index (χ4v) is 1.71. The van der Waals surface area contributed by atoms with Crippen LogP contribution < -0.4 is 5.73 Å². The van der Waals surface area contributed by atoms with Crippen molar-refractivity contribution in [3.8, 4) is 17.1 Å². The molecule has 0 radical (unpaired) electrons. The number of hydrogen-bond donors (Lipinski definition) is 2. The number of anilines is 1. The Hall–Kier alpha value is -1.83. The Labute approximate surface area is 97.7 Å². The molecular formula is C9H6F3N3OS. The zero-order valence-corrected chi connectivity index (χ0v) is 9.01. The fraction of sp³-hybridized carbons (Fsp3) is 0.111. The first-order valence-corrected chi connectivity index (χ1v) is 5.15. The van der Waals surface area contributed by atoms with Gasteiger partial charge in [0.1, 0.15) is 5.75 Å². The van der Waals surface area contributed by atoms with E-state index in [1.807, 2.05) is 0 Å². The van der Waals surface area contributed by atoms with Crippen LogP contribution in [0.15, 0.2) is 18.2 Å². The minimum Gasteiger partial charge on any atom is -0.507 e. The smallest absolute Gasteiger partial charge is 0.419 e. The average Bonchev–Trinajstić information content (AvgIpc) is 2.64. The number of halogens is 3. The van der Waals surface area contributed by atoms with Gasteiger partial charge in [-0.15, -0.1) is 0 Å². The van der Waals surface area contributed by atoms with E-state index in [1.54, 1.807) is 0 Å². The first-order valence-electron chi connectivity index (χ1n) is 4.37. The quantitative estimate of drug-likeness (QED) is 0.827. The lowest BCUT2D eigenvalue weighted by Gasteiger charge is -2.09. The van der Waals surface area contributed by atoms with Crippen molar-refractivity contribution in [2.75, 3.05) is 5.73 Å². The van der Waals surface area contributed by atoms with Gasteiger partial charge in [-0.3, -0.25) is 0 Å². The third-order valence-electron chi connectivity index (χ3n) is 2.00. The van der Waals surface area contributed by atoms with Crippen LogP contribution in [0.1, 0.15) is 5.56 Å². The molecule has 0 saturated carbocycles. The van der Waals surface area contributed by atoms with Gasteiger partial charge in [-0.2, -0.15) is 22.5 Å². The Morgan fingerprint density at radius 1 is 1.29 bits per heavy atom. The summed E-state index contributed by atoms with van der Waals surface area (Å²) in [6.07, 6.45) is -4.62. The number of aromatic hydroxyl groups is 1. The summed E-state index contributed by atoms with van der Waals surface area (Å²) in [5, 5.41) is 9.31. The molecule has 4 nitrogen and oxygen atoms in total. The van der Waals surface area contributed by atoms with Gasteiger partial charge in [0.05, 0.1) is 5.56 Å².